The van der Waals surface area contributed by atoms with Crippen molar-refractivity contribution in [1.82, 2.24) is 0 Å². The normalized spacial score (nSPS) is 11.3. The molecular formula is C16H13ClO3. The van der Waals surface area contributed by atoms with Crippen LogP contribution in [0, 0.1) is 11.8 Å². The van der Waals surface area contributed by atoms with E-state index in [-0.39, 0.29) is 5.75 Å². The number of rotatable bonds is 2. The molecule has 0 radical (unpaired) electrons. The Morgan fingerprint density at radius 3 is 2.50 bits per heavy atom. The standard InChI is InChI=1S/C16H13ClO3/c1-20-13-7-9-16(19)14(10-13)15(18)8-4-11-2-5-12(17)6-3-11/h2-3,5-7,9-10,15,18-19H,1H3. The molecule has 2 aromatic rings. The first-order valence-electron chi connectivity index (χ1n) is 5.92. The Kier molecular flexibility index (Phi) is 4.52. The molecule has 0 aliphatic heterocycles. The van der Waals surface area contributed by atoms with Crippen LogP contribution < -0.4 is 4.74 Å². The van der Waals surface area contributed by atoms with Crippen LogP contribution in [0.1, 0.15) is 17.2 Å². The molecule has 0 amide bonds. The van der Waals surface area contributed by atoms with Crippen LogP contribution in [0.3, 0.4) is 0 Å². The first kappa shape index (κ1) is 14.3. The van der Waals surface area contributed by atoms with Gasteiger partial charge in [0.25, 0.3) is 0 Å². The lowest BCUT2D eigenvalue weighted by Crippen LogP contribution is -1.95. The summed E-state index contributed by atoms with van der Waals surface area (Å²) in [4.78, 5) is 0. The van der Waals surface area contributed by atoms with E-state index >= 15 is 0 Å². The fourth-order valence-electron chi connectivity index (χ4n) is 1.64. The van der Waals surface area contributed by atoms with E-state index in [1.54, 1.807) is 36.4 Å². The van der Waals surface area contributed by atoms with Gasteiger partial charge >= 0.3 is 0 Å². The number of halogens is 1. The van der Waals surface area contributed by atoms with Crippen molar-refractivity contribution in [3.63, 3.8) is 0 Å². The lowest BCUT2D eigenvalue weighted by atomic mass is 10.1. The molecule has 0 spiro atoms. The van der Waals surface area contributed by atoms with Gasteiger partial charge in [0.05, 0.1) is 7.11 Å². The first-order valence-corrected chi connectivity index (χ1v) is 6.30. The highest BCUT2D eigenvalue weighted by atomic mass is 35.5. The third kappa shape index (κ3) is 3.45. The number of phenolic OH excluding ortho intramolecular Hbond substituents is 1. The topological polar surface area (TPSA) is 49.7 Å². The van der Waals surface area contributed by atoms with Gasteiger partial charge in [-0.25, -0.2) is 0 Å². The monoisotopic (exact) mass is 288 g/mol. The van der Waals surface area contributed by atoms with Crippen LogP contribution in [0.25, 0.3) is 0 Å². The highest BCUT2D eigenvalue weighted by molar-refractivity contribution is 6.30. The van der Waals surface area contributed by atoms with Crippen LogP contribution >= 0.6 is 11.6 Å². The molecule has 3 nitrogen and oxygen atoms in total. The van der Waals surface area contributed by atoms with Gasteiger partial charge in [-0.2, -0.15) is 0 Å². The van der Waals surface area contributed by atoms with Gasteiger partial charge in [0.2, 0.25) is 0 Å². The van der Waals surface area contributed by atoms with Crippen LogP contribution in [0.2, 0.25) is 5.02 Å². The van der Waals surface area contributed by atoms with Crippen molar-refractivity contribution in [2.24, 2.45) is 0 Å². The molecule has 4 heteroatoms. The van der Waals surface area contributed by atoms with Crippen LogP contribution in [0.15, 0.2) is 42.5 Å². The quantitative estimate of drug-likeness (QED) is 0.835. The number of ether oxygens (including phenoxy) is 1. The molecule has 2 rings (SSSR count). The molecule has 0 aliphatic carbocycles. The number of phenols is 1. The summed E-state index contributed by atoms with van der Waals surface area (Å²) in [6, 6.07) is 11.6. The number of hydrogen-bond donors (Lipinski definition) is 2. The number of benzene rings is 2. The maximum atomic E-state index is 10.0. The van der Waals surface area contributed by atoms with E-state index in [9.17, 15) is 10.2 Å². The maximum Gasteiger partial charge on any atom is 0.144 e. The molecule has 102 valence electrons. The predicted molar refractivity (Wildman–Crippen MR) is 77.9 cm³/mol. The zero-order valence-corrected chi connectivity index (χ0v) is 11.6. The molecule has 0 bridgehead atoms. The minimum absolute atomic E-state index is 0.0243. The van der Waals surface area contributed by atoms with Crippen molar-refractivity contribution >= 4 is 11.6 Å². The lowest BCUT2D eigenvalue weighted by Gasteiger charge is -2.08. The summed E-state index contributed by atoms with van der Waals surface area (Å²) in [7, 11) is 1.52. The van der Waals surface area contributed by atoms with Gasteiger partial charge < -0.3 is 14.9 Å². The Labute approximate surface area is 122 Å². The summed E-state index contributed by atoms with van der Waals surface area (Å²) in [5.41, 5.74) is 1.04. The molecule has 1 unspecified atom stereocenters. The highest BCUT2D eigenvalue weighted by Gasteiger charge is 2.10. The van der Waals surface area contributed by atoms with Crippen LogP contribution in [0.5, 0.6) is 11.5 Å². The lowest BCUT2D eigenvalue weighted by molar-refractivity contribution is 0.232. The van der Waals surface area contributed by atoms with Crippen molar-refractivity contribution in [1.29, 1.82) is 0 Å². The predicted octanol–water partition coefficient (Wildman–Crippen LogP) is 3.14. The van der Waals surface area contributed by atoms with Crippen LogP contribution in [0.4, 0.5) is 0 Å². The fraction of sp³-hybridized carbons (Fsp3) is 0.125. The van der Waals surface area contributed by atoms with E-state index in [1.165, 1.54) is 13.2 Å². The minimum Gasteiger partial charge on any atom is -0.508 e. The Morgan fingerprint density at radius 1 is 1.15 bits per heavy atom. The SMILES string of the molecule is COc1ccc(O)c(C(O)C#Cc2ccc(Cl)cc2)c1. The largest absolute Gasteiger partial charge is 0.508 e. The Hall–Kier alpha value is -2.15. The summed E-state index contributed by atoms with van der Waals surface area (Å²) in [6.45, 7) is 0. The number of hydrogen-bond acceptors (Lipinski definition) is 3. The second-order valence-electron chi connectivity index (χ2n) is 4.10. The molecule has 0 aliphatic rings. The van der Waals surface area contributed by atoms with Gasteiger partial charge in [0.15, 0.2) is 0 Å². The third-order valence-electron chi connectivity index (χ3n) is 2.73. The summed E-state index contributed by atoms with van der Waals surface area (Å²) >= 11 is 5.78. The molecule has 0 saturated heterocycles. The van der Waals surface area contributed by atoms with Crippen LogP contribution in [-0.4, -0.2) is 17.3 Å². The zero-order chi connectivity index (χ0) is 14.5. The van der Waals surface area contributed by atoms with E-state index in [2.05, 4.69) is 11.8 Å². The second-order valence-corrected chi connectivity index (χ2v) is 4.54. The molecule has 0 heterocycles. The molecule has 20 heavy (non-hydrogen) atoms. The van der Waals surface area contributed by atoms with Crippen molar-refractivity contribution in [2.75, 3.05) is 7.11 Å². The van der Waals surface area contributed by atoms with Gasteiger partial charge in [-0.05, 0) is 42.5 Å². The van der Waals surface area contributed by atoms with E-state index in [4.69, 9.17) is 16.3 Å². The maximum absolute atomic E-state index is 10.0. The van der Waals surface area contributed by atoms with Crippen molar-refractivity contribution < 1.29 is 14.9 Å². The zero-order valence-electron chi connectivity index (χ0n) is 10.8. The molecular weight excluding hydrogens is 276 g/mol. The number of aliphatic hydroxyl groups is 1. The summed E-state index contributed by atoms with van der Waals surface area (Å²) < 4.78 is 5.05. The van der Waals surface area contributed by atoms with E-state index in [0.717, 1.165) is 5.56 Å². The van der Waals surface area contributed by atoms with Crippen molar-refractivity contribution in [3.8, 4) is 23.3 Å². The fourth-order valence-corrected chi connectivity index (χ4v) is 1.77. The average Bonchev–Trinajstić information content (AvgIpc) is 2.47. The average molecular weight is 289 g/mol. The van der Waals surface area contributed by atoms with Gasteiger partial charge in [-0.1, -0.05) is 23.4 Å². The Morgan fingerprint density at radius 2 is 1.85 bits per heavy atom. The van der Waals surface area contributed by atoms with Crippen molar-refractivity contribution in [3.05, 3.63) is 58.6 Å². The van der Waals surface area contributed by atoms with E-state index in [1.807, 2.05) is 0 Å². The molecule has 0 saturated carbocycles. The van der Waals surface area contributed by atoms with Crippen molar-refractivity contribution in [2.45, 2.75) is 6.10 Å². The first-order chi connectivity index (χ1) is 9.60. The van der Waals surface area contributed by atoms with E-state index < -0.39 is 6.10 Å². The van der Waals surface area contributed by atoms with E-state index in [0.29, 0.717) is 16.3 Å². The second kappa shape index (κ2) is 6.33. The Balaban J connectivity index is 2.24. The van der Waals surface area contributed by atoms with Gasteiger partial charge in [0.1, 0.15) is 17.6 Å². The molecule has 1 atom stereocenters. The number of aromatic hydroxyl groups is 1. The molecule has 2 N–H and O–H groups in total. The number of methoxy groups -OCH3 is 1. The molecule has 2 aromatic carbocycles. The van der Waals surface area contributed by atoms with Crippen LogP contribution in [-0.2, 0) is 0 Å². The summed E-state index contributed by atoms with van der Waals surface area (Å²) in [6.07, 6.45) is -1.10. The smallest absolute Gasteiger partial charge is 0.144 e. The van der Waals surface area contributed by atoms with Gasteiger partial charge in [-0.3, -0.25) is 0 Å². The summed E-state index contributed by atoms with van der Waals surface area (Å²) in [5.74, 6) is 6.02. The summed E-state index contributed by atoms with van der Waals surface area (Å²) in [5, 5.41) is 20.4. The Bertz CT molecular complexity index is 654. The molecule has 0 fully saturated rings. The highest BCUT2D eigenvalue weighted by Crippen LogP contribution is 2.28. The third-order valence-corrected chi connectivity index (χ3v) is 2.98. The van der Waals surface area contributed by atoms with Gasteiger partial charge in [0, 0.05) is 16.1 Å². The number of aliphatic hydroxyl groups excluding tert-OH is 1. The molecule has 0 aromatic heterocycles. The van der Waals surface area contributed by atoms with Gasteiger partial charge in [-0.15, -0.1) is 0 Å². The minimum atomic E-state index is -1.10.